The van der Waals surface area contributed by atoms with Gasteiger partial charge in [-0.1, -0.05) is 6.42 Å². The third-order valence-corrected chi connectivity index (χ3v) is 2.55. The summed E-state index contributed by atoms with van der Waals surface area (Å²) in [5, 5.41) is 16.9. The van der Waals surface area contributed by atoms with Crippen molar-refractivity contribution in [2.75, 3.05) is 19.6 Å². The molecule has 1 fully saturated rings. The lowest BCUT2D eigenvalue weighted by Crippen LogP contribution is -2.46. The number of carbonyl (C=O) groups is 2. The van der Waals surface area contributed by atoms with E-state index in [1.54, 1.807) is 0 Å². The van der Waals surface area contributed by atoms with Gasteiger partial charge in [0.25, 0.3) is 0 Å². The largest absolute Gasteiger partial charge is 0.481 e. The molecule has 92 valence electrons. The maximum atomic E-state index is 11.2. The monoisotopic (exact) mass is 229 g/mol. The highest BCUT2D eigenvalue weighted by atomic mass is 16.4. The van der Waals surface area contributed by atoms with Crippen LogP contribution in [0.1, 0.15) is 25.7 Å². The molecule has 0 aromatic heterocycles. The SMILES string of the molecule is O=C(O)CCNC(=O)NCC1CCCCN1. The van der Waals surface area contributed by atoms with Crippen LogP contribution in [0.5, 0.6) is 0 Å². The zero-order chi connectivity index (χ0) is 11.8. The molecule has 1 aliphatic rings. The van der Waals surface area contributed by atoms with E-state index in [1.807, 2.05) is 0 Å². The molecule has 16 heavy (non-hydrogen) atoms. The summed E-state index contributed by atoms with van der Waals surface area (Å²) >= 11 is 0. The molecule has 1 rings (SSSR count). The van der Waals surface area contributed by atoms with Crippen molar-refractivity contribution in [3.8, 4) is 0 Å². The molecule has 0 bridgehead atoms. The number of hydrogen-bond acceptors (Lipinski definition) is 3. The van der Waals surface area contributed by atoms with Crippen molar-refractivity contribution in [1.29, 1.82) is 0 Å². The summed E-state index contributed by atoms with van der Waals surface area (Å²) in [5.74, 6) is -0.908. The first-order chi connectivity index (χ1) is 7.68. The minimum absolute atomic E-state index is 0.0465. The van der Waals surface area contributed by atoms with Crippen molar-refractivity contribution >= 4 is 12.0 Å². The number of carboxylic acids is 1. The van der Waals surface area contributed by atoms with Crippen molar-refractivity contribution in [1.82, 2.24) is 16.0 Å². The van der Waals surface area contributed by atoms with Crippen LogP contribution in [0.3, 0.4) is 0 Å². The number of urea groups is 1. The van der Waals surface area contributed by atoms with Crippen LogP contribution in [0, 0.1) is 0 Å². The number of carboxylic acid groups (broad SMARTS) is 1. The molecule has 1 unspecified atom stereocenters. The Morgan fingerprint density at radius 2 is 2.12 bits per heavy atom. The molecule has 6 nitrogen and oxygen atoms in total. The van der Waals surface area contributed by atoms with Gasteiger partial charge in [0, 0.05) is 19.1 Å². The van der Waals surface area contributed by atoms with Crippen molar-refractivity contribution in [3.63, 3.8) is 0 Å². The van der Waals surface area contributed by atoms with Crippen LogP contribution in [0.2, 0.25) is 0 Å². The van der Waals surface area contributed by atoms with Crippen molar-refractivity contribution < 1.29 is 14.7 Å². The van der Waals surface area contributed by atoms with E-state index in [0.717, 1.165) is 13.0 Å². The topological polar surface area (TPSA) is 90.5 Å². The van der Waals surface area contributed by atoms with Gasteiger partial charge in [0.15, 0.2) is 0 Å². The standard InChI is InChI=1S/C10H19N3O3/c14-9(15)4-6-12-10(16)13-7-8-3-1-2-5-11-8/h8,11H,1-7H2,(H,14,15)(H2,12,13,16). The summed E-state index contributed by atoms with van der Waals surface area (Å²) in [5.41, 5.74) is 0. The van der Waals surface area contributed by atoms with Crippen molar-refractivity contribution in [2.24, 2.45) is 0 Å². The molecule has 0 spiro atoms. The second-order valence-electron chi connectivity index (χ2n) is 3.93. The highest BCUT2D eigenvalue weighted by molar-refractivity contribution is 5.74. The predicted octanol–water partition coefficient (Wildman–Crippen LogP) is -0.0976. The van der Waals surface area contributed by atoms with Gasteiger partial charge in [-0.2, -0.15) is 0 Å². The van der Waals surface area contributed by atoms with E-state index in [-0.39, 0.29) is 19.0 Å². The Bertz CT molecular complexity index is 239. The maximum Gasteiger partial charge on any atom is 0.314 e. The number of carbonyl (C=O) groups excluding carboxylic acids is 1. The van der Waals surface area contributed by atoms with Gasteiger partial charge in [-0.15, -0.1) is 0 Å². The Hall–Kier alpha value is -1.30. The highest BCUT2D eigenvalue weighted by Crippen LogP contribution is 2.05. The number of rotatable bonds is 5. The number of aliphatic carboxylic acids is 1. The van der Waals surface area contributed by atoms with E-state index in [9.17, 15) is 9.59 Å². The van der Waals surface area contributed by atoms with Crippen molar-refractivity contribution in [3.05, 3.63) is 0 Å². The van der Waals surface area contributed by atoms with Crippen molar-refractivity contribution in [2.45, 2.75) is 31.7 Å². The average molecular weight is 229 g/mol. The van der Waals surface area contributed by atoms with E-state index >= 15 is 0 Å². The molecule has 0 saturated carbocycles. The molecule has 1 atom stereocenters. The Morgan fingerprint density at radius 3 is 2.75 bits per heavy atom. The fourth-order valence-corrected chi connectivity index (χ4v) is 1.66. The predicted molar refractivity (Wildman–Crippen MR) is 59.3 cm³/mol. The molecule has 1 aliphatic heterocycles. The molecule has 1 heterocycles. The minimum atomic E-state index is -0.908. The lowest BCUT2D eigenvalue weighted by Gasteiger charge is -2.23. The molecule has 0 aromatic rings. The number of amides is 2. The number of piperidine rings is 1. The van der Waals surface area contributed by atoms with Crippen LogP contribution in [-0.2, 0) is 4.79 Å². The van der Waals surface area contributed by atoms with Gasteiger partial charge < -0.3 is 21.1 Å². The summed E-state index contributed by atoms with van der Waals surface area (Å²) in [7, 11) is 0. The summed E-state index contributed by atoms with van der Waals surface area (Å²) in [6.07, 6.45) is 3.42. The van der Waals surface area contributed by atoms with Crippen LogP contribution in [-0.4, -0.2) is 42.8 Å². The van der Waals surface area contributed by atoms with Gasteiger partial charge in [0.1, 0.15) is 0 Å². The first-order valence-corrected chi connectivity index (χ1v) is 5.65. The third kappa shape index (κ3) is 5.55. The van der Waals surface area contributed by atoms with E-state index in [1.165, 1.54) is 12.8 Å². The Balaban J connectivity index is 2.02. The zero-order valence-corrected chi connectivity index (χ0v) is 9.29. The Labute approximate surface area is 94.8 Å². The van der Waals surface area contributed by atoms with Crippen LogP contribution < -0.4 is 16.0 Å². The summed E-state index contributed by atoms with van der Waals surface area (Å²) in [6, 6.07) is 0.0487. The molecule has 0 aromatic carbocycles. The molecule has 0 radical (unpaired) electrons. The van der Waals surface area contributed by atoms with Gasteiger partial charge >= 0.3 is 12.0 Å². The van der Waals surface area contributed by atoms with Gasteiger partial charge in [0.05, 0.1) is 6.42 Å². The highest BCUT2D eigenvalue weighted by Gasteiger charge is 2.12. The van der Waals surface area contributed by atoms with E-state index in [0.29, 0.717) is 12.6 Å². The summed E-state index contributed by atoms with van der Waals surface area (Å²) in [6.45, 7) is 1.77. The Kier molecular flexibility index (Phi) is 5.63. The molecular weight excluding hydrogens is 210 g/mol. The second kappa shape index (κ2) is 7.05. The van der Waals surface area contributed by atoms with Crippen LogP contribution in [0.15, 0.2) is 0 Å². The average Bonchev–Trinajstić information content (AvgIpc) is 2.27. The fourth-order valence-electron chi connectivity index (χ4n) is 1.66. The van der Waals surface area contributed by atoms with E-state index < -0.39 is 5.97 Å². The number of nitrogens with one attached hydrogen (secondary N) is 3. The quantitative estimate of drug-likeness (QED) is 0.530. The molecule has 0 aliphatic carbocycles. The van der Waals surface area contributed by atoms with Crippen LogP contribution >= 0.6 is 0 Å². The van der Waals surface area contributed by atoms with Crippen LogP contribution in [0.25, 0.3) is 0 Å². The molecule has 2 amide bonds. The van der Waals surface area contributed by atoms with Crippen LogP contribution in [0.4, 0.5) is 4.79 Å². The van der Waals surface area contributed by atoms with Gasteiger partial charge in [-0.3, -0.25) is 4.79 Å². The van der Waals surface area contributed by atoms with Gasteiger partial charge in [0.2, 0.25) is 0 Å². The maximum absolute atomic E-state index is 11.2. The fraction of sp³-hybridized carbons (Fsp3) is 0.800. The van der Waals surface area contributed by atoms with Gasteiger partial charge in [-0.25, -0.2) is 4.79 Å². The number of hydrogen-bond donors (Lipinski definition) is 4. The Morgan fingerprint density at radius 1 is 1.31 bits per heavy atom. The molecular formula is C10H19N3O3. The van der Waals surface area contributed by atoms with E-state index in [4.69, 9.17) is 5.11 Å². The summed E-state index contributed by atoms with van der Waals surface area (Å²) < 4.78 is 0. The summed E-state index contributed by atoms with van der Waals surface area (Å²) in [4.78, 5) is 21.4. The second-order valence-corrected chi connectivity index (χ2v) is 3.93. The first-order valence-electron chi connectivity index (χ1n) is 5.65. The van der Waals surface area contributed by atoms with Gasteiger partial charge in [-0.05, 0) is 19.4 Å². The molecule has 4 N–H and O–H groups in total. The third-order valence-electron chi connectivity index (χ3n) is 2.55. The lowest BCUT2D eigenvalue weighted by atomic mass is 10.1. The minimum Gasteiger partial charge on any atom is -0.481 e. The molecule has 1 saturated heterocycles. The first kappa shape index (κ1) is 12.8. The normalized spacial score (nSPS) is 20.1. The smallest absolute Gasteiger partial charge is 0.314 e. The van der Waals surface area contributed by atoms with E-state index in [2.05, 4.69) is 16.0 Å². The zero-order valence-electron chi connectivity index (χ0n) is 9.29. The lowest BCUT2D eigenvalue weighted by molar-refractivity contribution is -0.136. The molecule has 6 heteroatoms.